The van der Waals surface area contributed by atoms with Crippen LogP contribution in [0.1, 0.15) is 16.7 Å². The van der Waals surface area contributed by atoms with Crippen molar-refractivity contribution in [3.05, 3.63) is 58.1 Å². The number of anilines is 1. The molecule has 0 saturated carbocycles. The van der Waals surface area contributed by atoms with Crippen molar-refractivity contribution < 1.29 is 4.74 Å². The Morgan fingerprint density at radius 3 is 2.85 bits per heavy atom. The molecule has 2 nitrogen and oxygen atoms in total. The van der Waals surface area contributed by atoms with Gasteiger partial charge in [0.2, 0.25) is 0 Å². The van der Waals surface area contributed by atoms with Crippen molar-refractivity contribution in [2.24, 2.45) is 0 Å². The highest BCUT2D eigenvalue weighted by Gasteiger charge is 2.17. The summed E-state index contributed by atoms with van der Waals surface area (Å²) in [7, 11) is 0. The van der Waals surface area contributed by atoms with E-state index in [1.807, 2.05) is 36.4 Å². The first-order chi connectivity index (χ1) is 9.78. The van der Waals surface area contributed by atoms with E-state index in [0.717, 1.165) is 40.6 Å². The van der Waals surface area contributed by atoms with Gasteiger partial charge in [-0.3, -0.25) is 0 Å². The molecular formula is C16H15Cl2NO. The minimum absolute atomic E-state index is 0.493. The van der Waals surface area contributed by atoms with Crippen LogP contribution in [0.25, 0.3) is 0 Å². The maximum atomic E-state index is 6.16. The molecule has 1 N–H and O–H groups in total. The van der Waals surface area contributed by atoms with Crippen LogP contribution in [-0.4, -0.2) is 6.61 Å². The van der Waals surface area contributed by atoms with Gasteiger partial charge in [-0.1, -0.05) is 29.8 Å². The molecule has 0 atom stereocenters. The number of fused-ring (bicyclic) bond motifs is 1. The van der Waals surface area contributed by atoms with Gasteiger partial charge >= 0.3 is 0 Å². The summed E-state index contributed by atoms with van der Waals surface area (Å²) in [5.41, 5.74) is 4.43. The minimum atomic E-state index is 0.493. The second-order valence-corrected chi connectivity index (χ2v) is 5.50. The van der Waals surface area contributed by atoms with Crippen molar-refractivity contribution in [3.8, 4) is 5.75 Å². The first kappa shape index (κ1) is 13.6. The topological polar surface area (TPSA) is 21.3 Å². The molecule has 0 amide bonds. The van der Waals surface area contributed by atoms with Gasteiger partial charge < -0.3 is 10.1 Å². The molecule has 2 aromatic rings. The zero-order chi connectivity index (χ0) is 13.9. The van der Waals surface area contributed by atoms with E-state index in [-0.39, 0.29) is 0 Å². The summed E-state index contributed by atoms with van der Waals surface area (Å²) in [6.07, 6.45) is 0.932. The average Bonchev–Trinajstić information content (AvgIpc) is 2.93. The van der Waals surface area contributed by atoms with E-state index in [1.165, 1.54) is 5.56 Å². The highest BCUT2D eigenvalue weighted by Crippen LogP contribution is 2.33. The van der Waals surface area contributed by atoms with Crippen LogP contribution in [0.3, 0.4) is 0 Å². The molecular weight excluding hydrogens is 293 g/mol. The van der Waals surface area contributed by atoms with Gasteiger partial charge in [0.05, 0.1) is 6.61 Å². The summed E-state index contributed by atoms with van der Waals surface area (Å²) in [4.78, 5) is 0. The lowest BCUT2D eigenvalue weighted by Gasteiger charge is -2.13. The van der Waals surface area contributed by atoms with Crippen LogP contribution in [0.4, 0.5) is 5.69 Å². The van der Waals surface area contributed by atoms with Gasteiger partial charge in [0.25, 0.3) is 0 Å². The number of para-hydroxylation sites is 1. The summed E-state index contributed by atoms with van der Waals surface area (Å²) in [6, 6.07) is 12.0. The van der Waals surface area contributed by atoms with Crippen LogP contribution in [0.5, 0.6) is 5.75 Å². The highest BCUT2D eigenvalue weighted by molar-refractivity contribution is 6.30. The van der Waals surface area contributed by atoms with Crippen molar-refractivity contribution >= 4 is 28.9 Å². The van der Waals surface area contributed by atoms with Gasteiger partial charge in [-0.2, -0.15) is 0 Å². The predicted octanol–water partition coefficient (Wildman–Crippen LogP) is 4.63. The second-order valence-electron chi connectivity index (χ2n) is 4.80. The van der Waals surface area contributed by atoms with Crippen molar-refractivity contribution in [3.63, 3.8) is 0 Å². The Morgan fingerprint density at radius 2 is 2.00 bits per heavy atom. The van der Waals surface area contributed by atoms with E-state index in [2.05, 4.69) is 5.32 Å². The fourth-order valence-corrected chi connectivity index (χ4v) is 2.97. The van der Waals surface area contributed by atoms with Crippen LogP contribution in [-0.2, 0) is 18.8 Å². The zero-order valence-corrected chi connectivity index (χ0v) is 12.5. The van der Waals surface area contributed by atoms with Gasteiger partial charge in [-0.25, -0.2) is 0 Å². The number of halogens is 2. The van der Waals surface area contributed by atoms with Gasteiger partial charge in [0.15, 0.2) is 0 Å². The maximum absolute atomic E-state index is 6.16. The summed E-state index contributed by atoms with van der Waals surface area (Å²) in [5, 5.41) is 4.18. The molecule has 0 spiro atoms. The predicted molar refractivity (Wildman–Crippen MR) is 84.0 cm³/mol. The monoisotopic (exact) mass is 307 g/mol. The summed E-state index contributed by atoms with van der Waals surface area (Å²) >= 11 is 12.1. The van der Waals surface area contributed by atoms with Crippen LogP contribution in [0, 0.1) is 0 Å². The molecule has 2 aromatic carbocycles. The summed E-state index contributed by atoms with van der Waals surface area (Å²) < 4.78 is 5.70. The molecule has 104 valence electrons. The minimum Gasteiger partial charge on any atom is -0.493 e. The number of rotatable bonds is 4. The van der Waals surface area contributed by atoms with Gasteiger partial charge in [-0.05, 0) is 29.3 Å². The van der Waals surface area contributed by atoms with Crippen molar-refractivity contribution in [1.29, 1.82) is 0 Å². The number of nitrogens with one attached hydrogen (secondary N) is 1. The van der Waals surface area contributed by atoms with E-state index in [9.17, 15) is 0 Å². The number of hydrogen-bond donors (Lipinski definition) is 1. The lowest BCUT2D eigenvalue weighted by Crippen LogP contribution is -2.03. The quantitative estimate of drug-likeness (QED) is 0.832. The van der Waals surface area contributed by atoms with Crippen LogP contribution in [0.15, 0.2) is 36.4 Å². The molecule has 4 heteroatoms. The zero-order valence-electron chi connectivity index (χ0n) is 11.0. The van der Waals surface area contributed by atoms with Gasteiger partial charge in [-0.15, -0.1) is 11.6 Å². The third kappa shape index (κ3) is 2.72. The molecule has 0 unspecified atom stereocenters. The number of hydrogen-bond acceptors (Lipinski definition) is 2. The molecule has 1 heterocycles. The molecule has 1 aliphatic heterocycles. The Hall–Kier alpha value is -1.38. The molecule has 0 bridgehead atoms. The number of benzene rings is 2. The smallest absolute Gasteiger partial charge is 0.127 e. The van der Waals surface area contributed by atoms with Crippen LogP contribution >= 0.6 is 23.2 Å². The normalized spacial score (nSPS) is 12.9. The molecule has 3 rings (SSSR count). The molecule has 0 aliphatic carbocycles. The molecule has 0 fully saturated rings. The molecule has 0 aromatic heterocycles. The van der Waals surface area contributed by atoms with Crippen molar-refractivity contribution in [2.75, 3.05) is 11.9 Å². The highest BCUT2D eigenvalue weighted by atomic mass is 35.5. The Bertz CT molecular complexity index is 628. The molecule has 0 saturated heterocycles. The summed E-state index contributed by atoms with van der Waals surface area (Å²) in [6.45, 7) is 1.41. The number of ether oxygens (including phenoxy) is 1. The molecule has 20 heavy (non-hydrogen) atoms. The van der Waals surface area contributed by atoms with Gasteiger partial charge in [0.1, 0.15) is 5.75 Å². The lowest BCUT2D eigenvalue weighted by molar-refractivity contribution is 0.354. The first-order valence-corrected chi connectivity index (χ1v) is 7.51. The molecule has 1 aliphatic rings. The van der Waals surface area contributed by atoms with E-state index < -0.39 is 0 Å². The average molecular weight is 308 g/mol. The van der Waals surface area contributed by atoms with E-state index >= 15 is 0 Å². The van der Waals surface area contributed by atoms with E-state index in [0.29, 0.717) is 12.4 Å². The third-order valence-corrected chi connectivity index (χ3v) is 3.96. The first-order valence-electron chi connectivity index (χ1n) is 6.60. The lowest BCUT2D eigenvalue weighted by atomic mass is 10.1. The van der Waals surface area contributed by atoms with Crippen LogP contribution < -0.4 is 10.1 Å². The largest absolute Gasteiger partial charge is 0.493 e. The molecule has 0 radical (unpaired) electrons. The Morgan fingerprint density at radius 1 is 1.15 bits per heavy atom. The number of alkyl halides is 1. The summed E-state index contributed by atoms with van der Waals surface area (Å²) in [5.74, 6) is 1.47. The van der Waals surface area contributed by atoms with Crippen LogP contribution in [0.2, 0.25) is 5.02 Å². The maximum Gasteiger partial charge on any atom is 0.127 e. The fraction of sp³-hybridized carbons (Fsp3) is 0.250. The van der Waals surface area contributed by atoms with E-state index in [4.69, 9.17) is 27.9 Å². The van der Waals surface area contributed by atoms with Gasteiger partial charge in [0, 0.05) is 35.1 Å². The fourth-order valence-electron chi connectivity index (χ4n) is 2.48. The van der Waals surface area contributed by atoms with Crippen molar-refractivity contribution in [2.45, 2.75) is 18.8 Å². The standard InChI is InChI=1S/C16H15Cl2NO/c17-9-12-3-1-2-4-15(12)19-10-13-8-14(18)7-11-5-6-20-16(11)13/h1-4,7-8,19H,5-6,9-10H2. The SMILES string of the molecule is ClCc1ccccc1NCc1cc(Cl)cc2c1OCC2. The van der Waals surface area contributed by atoms with Crippen molar-refractivity contribution in [1.82, 2.24) is 0 Å². The Kier molecular flexibility index (Phi) is 4.04. The van der Waals surface area contributed by atoms with E-state index in [1.54, 1.807) is 0 Å². The second kappa shape index (κ2) is 5.94. The Labute approximate surface area is 128 Å². The Balaban J connectivity index is 1.82. The third-order valence-electron chi connectivity index (χ3n) is 3.46.